The highest BCUT2D eigenvalue weighted by molar-refractivity contribution is 7.59. The molecule has 3 aliphatic heterocycles. The average molecular weight is 704 g/mol. The SMILES string of the molecule is CC(C)(C)OC(=O)N[C@H]1CCCCC/C=C\[C@@H]2C[C@@]2(C(N)=O)NC(=O)[C@@H]2C[C@@H](OC(=O)N3Cc4cccc(F)c4C3)CN2C1=O.O.O.S.[HH].[HH].[HH]. The number of primary amides is 1. The normalized spacial score (nSPS) is 27.4. The van der Waals surface area contributed by atoms with E-state index in [2.05, 4.69) is 10.6 Å². The van der Waals surface area contributed by atoms with Gasteiger partial charge in [0.2, 0.25) is 17.7 Å². The Labute approximate surface area is 290 Å². The van der Waals surface area contributed by atoms with Gasteiger partial charge in [-0.15, -0.1) is 0 Å². The van der Waals surface area contributed by atoms with Crippen molar-refractivity contribution >= 4 is 43.4 Å². The van der Waals surface area contributed by atoms with Crippen molar-refractivity contribution in [3.63, 3.8) is 0 Å². The number of carbonyl (C=O) groups excluding carboxylic acids is 5. The minimum absolute atomic E-state index is 0. The molecule has 1 saturated carbocycles. The highest BCUT2D eigenvalue weighted by atomic mass is 32.1. The number of carbonyl (C=O) groups is 5. The molecule has 0 spiro atoms. The van der Waals surface area contributed by atoms with Crippen LogP contribution in [0.25, 0.3) is 0 Å². The molecule has 1 aliphatic carbocycles. The monoisotopic (exact) mass is 703 g/mol. The maximum absolute atomic E-state index is 14.3. The number of benzene rings is 1. The summed E-state index contributed by atoms with van der Waals surface area (Å²) in [5, 5.41) is 5.48. The molecule has 3 heterocycles. The van der Waals surface area contributed by atoms with Crippen LogP contribution in [0.15, 0.2) is 30.4 Å². The topological polar surface area (TPSA) is 223 Å². The van der Waals surface area contributed by atoms with Gasteiger partial charge in [-0.2, -0.15) is 13.5 Å². The predicted molar refractivity (Wildman–Crippen MR) is 184 cm³/mol. The van der Waals surface area contributed by atoms with Crippen molar-refractivity contribution in [3.8, 4) is 0 Å². The van der Waals surface area contributed by atoms with Gasteiger partial charge in [-0.25, -0.2) is 14.0 Å². The van der Waals surface area contributed by atoms with Gasteiger partial charge in [-0.1, -0.05) is 37.1 Å². The molecule has 2 fully saturated rings. The minimum Gasteiger partial charge on any atom is -0.444 e. The fourth-order valence-corrected chi connectivity index (χ4v) is 6.37. The van der Waals surface area contributed by atoms with Gasteiger partial charge in [0, 0.05) is 28.7 Å². The zero-order valence-electron chi connectivity index (χ0n) is 27.5. The molecule has 14 nitrogen and oxygen atoms in total. The Morgan fingerprint density at radius 2 is 1.85 bits per heavy atom. The number of fused-ring (bicyclic) bond motifs is 3. The first kappa shape index (κ1) is 40.3. The summed E-state index contributed by atoms with van der Waals surface area (Å²) in [5.74, 6) is -2.46. The van der Waals surface area contributed by atoms with E-state index in [0.717, 1.165) is 19.3 Å². The summed E-state index contributed by atoms with van der Waals surface area (Å²) in [4.78, 5) is 68.9. The van der Waals surface area contributed by atoms with E-state index in [0.29, 0.717) is 30.4 Å². The lowest BCUT2D eigenvalue weighted by molar-refractivity contribution is -0.141. The maximum Gasteiger partial charge on any atom is 0.410 e. The predicted octanol–water partition coefficient (Wildman–Crippen LogP) is 2.22. The smallest absolute Gasteiger partial charge is 0.410 e. The fraction of sp³-hybridized carbons (Fsp3) is 0.594. The lowest BCUT2D eigenvalue weighted by Gasteiger charge is -2.30. The van der Waals surface area contributed by atoms with Crippen molar-refractivity contribution in [2.75, 3.05) is 6.54 Å². The Balaban J connectivity index is 0. The molecule has 5 amide bonds. The van der Waals surface area contributed by atoms with Crippen LogP contribution < -0.4 is 16.4 Å². The van der Waals surface area contributed by atoms with E-state index in [1.54, 1.807) is 32.9 Å². The van der Waals surface area contributed by atoms with Crippen LogP contribution in [0.1, 0.15) is 81.1 Å². The van der Waals surface area contributed by atoms with Gasteiger partial charge in [0.1, 0.15) is 35.1 Å². The van der Waals surface area contributed by atoms with Crippen molar-refractivity contribution in [3.05, 3.63) is 47.3 Å². The lowest BCUT2D eigenvalue weighted by Crippen LogP contribution is -2.57. The molecule has 5 atom stereocenters. The highest BCUT2D eigenvalue weighted by Gasteiger charge is 2.60. The van der Waals surface area contributed by atoms with Crippen molar-refractivity contribution in [1.82, 2.24) is 20.4 Å². The first-order valence-corrected chi connectivity index (χ1v) is 15.6. The number of allylic oxidation sites excluding steroid dienone is 1. The molecule has 0 bridgehead atoms. The second-order valence-corrected chi connectivity index (χ2v) is 13.4. The fourth-order valence-electron chi connectivity index (χ4n) is 6.37. The summed E-state index contributed by atoms with van der Waals surface area (Å²) in [7, 11) is 0. The Kier molecular flexibility index (Phi) is 13.4. The van der Waals surface area contributed by atoms with Gasteiger partial charge in [0.25, 0.3) is 0 Å². The molecular formula is C32H54FN5O9S. The Morgan fingerprint density at radius 3 is 2.52 bits per heavy atom. The largest absolute Gasteiger partial charge is 0.444 e. The number of nitrogens with zero attached hydrogens (tertiary/aromatic N) is 2. The van der Waals surface area contributed by atoms with E-state index in [1.807, 2.05) is 12.2 Å². The average Bonchev–Trinajstić information content (AvgIpc) is 3.27. The molecule has 274 valence electrons. The molecule has 1 saturated heterocycles. The number of hydrogen-bond acceptors (Lipinski definition) is 7. The summed E-state index contributed by atoms with van der Waals surface area (Å²) in [6.07, 6.45) is 5.17. The van der Waals surface area contributed by atoms with Gasteiger partial charge in [0.05, 0.1) is 13.1 Å². The molecule has 48 heavy (non-hydrogen) atoms. The number of alkyl carbamates (subject to hydrolysis) is 1. The van der Waals surface area contributed by atoms with Gasteiger partial charge < -0.3 is 41.7 Å². The van der Waals surface area contributed by atoms with Crippen LogP contribution in [-0.4, -0.2) is 86.5 Å². The molecule has 0 radical (unpaired) electrons. The van der Waals surface area contributed by atoms with Crippen molar-refractivity contribution < 1.29 is 53.1 Å². The molecule has 1 aromatic rings. The number of amides is 5. The van der Waals surface area contributed by atoms with E-state index >= 15 is 0 Å². The third kappa shape index (κ3) is 8.96. The van der Waals surface area contributed by atoms with Gasteiger partial charge in [-0.3, -0.25) is 19.3 Å². The Bertz CT molecular complexity index is 1420. The van der Waals surface area contributed by atoms with Crippen LogP contribution in [0, 0.1) is 11.7 Å². The van der Waals surface area contributed by atoms with Crippen molar-refractivity contribution in [2.45, 2.75) is 108 Å². The first-order chi connectivity index (χ1) is 21.3. The quantitative estimate of drug-likeness (QED) is 0.398. The van der Waals surface area contributed by atoms with Crippen molar-refractivity contribution in [2.24, 2.45) is 11.7 Å². The van der Waals surface area contributed by atoms with E-state index in [-0.39, 0.29) is 60.7 Å². The third-order valence-electron chi connectivity index (χ3n) is 8.82. The molecule has 4 aliphatic rings. The summed E-state index contributed by atoms with van der Waals surface area (Å²) in [6, 6.07) is 2.56. The maximum atomic E-state index is 14.3. The second kappa shape index (κ2) is 16.0. The first-order valence-electron chi connectivity index (χ1n) is 15.6. The molecule has 8 N–H and O–H groups in total. The second-order valence-electron chi connectivity index (χ2n) is 13.4. The number of nitrogens with one attached hydrogen (secondary N) is 2. The van der Waals surface area contributed by atoms with Crippen LogP contribution in [0.3, 0.4) is 0 Å². The lowest BCUT2D eigenvalue weighted by atomic mass is 10.0. The number of hydrogen-bond donors (Lipinski definition) is 3. The molecular weight excluding hydrogens is 649 g/mol. The third-order valence-corrected chi connectivity index (χ3v) is 8.82. The van der Waals surface area contributed by atoms with E-state index < -0.39 is 65.1 Å². The Morgan fingerprint density at radius 1 is 1.12 bits per heavy atom. The van der Waals surface area contributed by atoms with Gasteiger partial charge in [-0.05, 0) is 58.1 Å². The van der Waals surface area contributed by atoms with Crippen LogP contribution in [0.2, 0.25) is 0 Å². The van der Waals surface area contributed by atoms with Crippen LogP contribution >= 0.6 is 13.5 Å². The summed E-state index contributed by atoms with van der Waals surface area (Å²) < 4.78 is 25.5. The van der Waals surface area contributed by atoms with E-state index in [9.17, 15) is 28.4 Å². The molecule has 1 aromatic carbocycles. The minimum atomic E-state index is -1.27. The van der Waals surface area contributed by atoms with Crippen LogP contribution in [0.4, 0.5) is 14.0 Å². The molecule has 16 heteroatoms. The number of rotatable bonds is 3. The summed E-state index contributed by atoms with van der Waals surface area (Å²) >= 11 is 0. The molecule has 0 unspecified atom stereocenters. The zero-order chi connectivity index (χ0) is 32.5. The number of nitrogens with two attached hydrogens (primary N) is 1. The van der Waals surface area contributed by atoms with Crippen molar-refractivity contribution in [1.29, 1.82) is 0 Å². The summed E-state index contributed by atoms with van der Waals surface area (Å²) in [6.45, 7) is 5.24. The zero-order valence-corrected chi connectivity index (χ0v) is 28.5. The summed E-state index contributed by atoms with van der Waals surface area (Å²) in [5.41, 5.74) is 4.78. The van der Waals surface area contributed by atoms with Gasteiger partial charge in [0.15, 0.2) is 0 Å². The van der Waals surface area contributed by atoms with Gasteiger partial charge >= 0.3 is 12.2 Å². The van der Waals surface area contributed by atoms with E-state index in [1.165, 1.54) is 15.9 Å². The standard InChI is InChI=1S/C32H42FN5O7.2H2O.H2S.3H2/c1-31(2,3)45-29(42)35-24-13-8-6-4-5-7-11-20-15-32(20,28(34)41)36-26(39)25-14-21(17-38(25)27(24)40)44-30(43)37-16-19-10-9-12-23(33)22(19)18-37;;;;;;/h7,9-12,20-21,24-25H,4-6,8,13-18H2,1-3H3,(H2,34,41)(H,35,42)(H,36,39);3*1H2;3*1H/b11-7-;;;;;;/t20-,21-,24+,25+,32-;;;;;;/m1....../s1. The van der Waals surface area contributed by atoms with E-state index in [4.69, 9.17) is 15.2 Å². The van der Waals surface area contributed by atoms with Crippen LogP contribution in [0.5, 0.6) is 0 Å². The Hall–Kier alpha value is -3.89. The highest BCUT2D eigenvalue weighted by Crippen LogP contribution is 2.45. The molecule has 5 rings (SSSR count). The number of ether oxygens (including phenoxy) is 2. The van der Waals surface area contributed by atoms with Crippen LogP contribution in [-0.2, 0) is 36.9 Å². The number of halogens is 1. The molecule has 0 aromatic heterocycles.